The molecule has 0 saturated heterocycles. The lowest BCUT2D eigenvalue weighted by atomic mass is 9.84. The topological polar surface area (TPSA) is 39.1 Å². The number of aryl methyl sites for hydroxylation is 2. The fraction of sp³-hybridized carbons (Fsp3) is 0.471. The molecule has 0 saturated carbocycles. The molecule has 1 aromatic carbocycles. The van der Waals surface area contributed by atoms with Crippen LogP contribution in [0.1, 0.15) is 42.1 Å². The number of ether oxygens (including phenoxy) is 1. The van der Waals surface area contributed by atoms with E-state index in [9.17, 15) is 0 Å². The van der Waals surface area contributed by atoms with Gasteiger partial charge >= 0.3 is 0 Å². The molecule has 0 bridgehead atoms. The van der Waals surface area contributed by atoms with Gasteiger partial charge in [0.2, 0.25) is 0 Å². The van der Waals surface area contributed by atoms with Crippen LogP contribution in [0.2, 0.25) is 0 Å². The Morgan fingerprint density at radius 2 is 2.29 bits per heavy atom. The first kappa shape index (κ1) is 14.1. The molecule has 2 aromatic rings. The van der Waals surface area contributed by atoms with Crippen molar-refractivity contribution in [3.63, 3.8) is 0 Å². The molecule has 0 aliphatic heterocycles. The normalized spacial score (nSPS) is 21.1. The number of aromatic nitrogens is 2. The monoisotopic (exact) mass is 285 g/mol. The highest BCUT2D eigenvalue weighted by Crippen LogP contribution is 2.38. The van der Waals surface area contributed by atoms with E-state index in [2.05, 4.69) is 53.3 Å². The lowest BCUT2D eigenvalue weighted by Crippen LogP contribution is -2.34. The quantitative estimate of drug-likeness (QED) is 0.938. The third-order valence-corrected chi connectivity index (χ3v) is 4.28. The molecule has 1 aliphatic carbocycles. The maximum atomic E-state index is 5.40. The van der Waals surface area contributed by atoms with Crippen LogP contribution in [0.4, 0.5) is 0 Å². The Hall–Kier alpha value is -1.81. The van der Waals surface area contributed by atoms with Crippen LogP contribution in [0.3, 0.4) is 0 Å². The van der Waals surface area contributed by atoms with Crippen LogP contribution in [-0.2, 0) is 6.42 Å². The van der Waals surface area contributed by atoms with Crippen molar-refractivity contribution >= 4 is 0 Å². The number of nitrogens with one attached hydrogen (secondary N) is 1. The predicted octanol–water partition coefficient (Wildman–Crippen LogP) is 3.04. The minimum Gasteiger partial charge on any atom is -0.497 e. The van der Waals surface area contributed by atoms with Crippen LogP contribution < -0.4 is 10.1 Å². The van der Waals surface area contributed by atoms with Crippen molar-refractivity contribution in [3.8, 4) is 5.75 Å². The first-order valence-corrected chi connectivity index (χ1v) is 7.64. The number of methoxy groups -OCH3 is 1. The van der Waals surface area contributed by atoms with Gasteiger partial charge in [-0.05, 0) is 55.1 Å². The van der Waals surface area contributed by atoms with E-state index in [1.54, 1.807) is 7.11 Å². The molecule has 2 atom stereocenters. The average molecular weight is 285 g/mol. The van der Waals surface area contributed by atoms with Gasteiger partial charge in [0.05, 0.1) is 25.4 Å². The average Bonchev–Trinajstić information content (AvgIpc) is 2.93. The maximum Gasteiger partial charge on any atom is 0.119 e. The molecular weight excluding hydrogens is 262 g/mol. The number of nitrogens with zero attached hydrogens (tertiary/aromatic N) is 2. The molecule has 1 aliphatic rings. The van der Waals surface area contributed by atoms with Gasteiger partial charge in [-0.15, -0.1) is 0 Å². The van der Waals surface area contributed by atoms with Gasteiger partial charge in [-0.25, -0.2) is 0 Å². The molecule has 0 radical (unpaired) electrons. The Balaban J connectivity index is 2.00. The molecule has 1 heterocycles. The number of likely N-dealkylation sites (N-methyl/N-ethyl adjacent to an activating group) is 1. The summed E-state index contributed by atoms with van der Waals surface area (Å²) >= 11 is 0. The fourth-order valence-electron chi connectivity index (χ4n) is 3.26. The van der Waals surface area contributed by atoms with Gasteiger partial charge in [-0.1, -0.05) is 13.0 Å². The SMILES string of the molecule is CCNC1c2cc(OC)ccc2CCC1n1cc(C)cn1. The second-order valence-electron chi connectivity index (χ2n) is 5.70. The number of hydrogen-bond acceptors (Lipinski definition) is 3. The zero-order valence-electron chi connectivity index (χ0n) is 13.0. The van der Waals surface area contributed by atoms with Crippen molar-refractivity contribution < 1.29 is 4.74 Å². The van der Waals surface area contributed by atoms with Gasteiger partial charge < -0.3 is 10.1 Å². The molecule has 1 aromatic heterocycles. The fourth-order valence-corrected chi connectivity index (χ4v) is 3.26. The summed E-state index contributed by atoms with van der Waals surface area (Å²) in [6.07, 6.45) is 6.27. The van der Waals surface area contributed by atoms with Crippen molar-refractivity contribution in [3.05, 3.63) is 47.3 Å². The molecule has 0 spiro atoms. The summed E-state index contributed by atoms with van der Waals surface area (Å²) in [5, 5.41) is 8.17. The first-order chi connectivity index (χ1) is 10.2. The van der Waals surface area contributed by atoms with E-state index in [-0.39, 0.29) is 6.04 Å². The van der Waals surface area contributed by atoms with Gasteiger partial charge in [0.25, 0.3) is 0 Å². The molecule has 4 nitrogen and oxygen atoms in total. The van der Waals surface area contributed by atoms with Crippen LogP contribution >= 0.6 is 0 Å². The molecule has 1 N–H and O–H groups in total. The number of hydrogen-bond donors (Lipinski definition) is 1. The number of rotatable bonds is 4. The molecule has 21 heavy (non-hydrogen) atoms. The standard InChI is InChI=1S/C17H23N3O/c1-4-18-17-15-9-14(21-3)7-5-13(15)6-8-16(17)20-11-12(2)10-19-20/h5,7,9-11,16-18H,4,6,8H2,1-3H3. The number of fused-ring (bicyclic) bond motifs is 1. The van der Waals surface area contributed by atoms with Crippen LogP contribution in [0.15, 0.2) is 30.6 Å². The second kappa shape index (κ2) is 5.90. The zero-order chi connectivity index (χ0) is 14.8. The van der Waals surface area contributed by atoms with E-state index in [0.29, 0.717) is 6.04 Å². The Morgan fingerprint density at radius 3 is 2.95 bits per heavy atom. The molecule has 2 unspecified atom stereocenters. The molecular formula is C17H23N3O. The summed E-state index contributed by atoms with van der Waals surface area (Å²) in [6.45, 7) is 5.18. The summed E-state index contributed by atoms with van der Waals surface area (Å²) in [5.41, 5.74) is 3.98. The Bertz CT molecular complexity index is 620. The van der Waals surface area contributed by atoms with Gasteiger partial charge in [0, 0.05) is 6.20 Å². The van der Waals surface area contributed by atoms with Crippen molar-refractivity contribution in [2.24, 2.45) is 0 Å². The summed E-state index contributed by atoms with van der Waals surface area (Å²) in [5.74, 6) is 0.925. The smallest absolute Gasteiger partial charge is 0.119 e. The maximum absolute atomic E-state index is 5.40. The largest absolute Gasteiger partial charge is 0.497 e. The Labute approximate surface area is 126 Å². The predicted molar refractivity (Wildman–Crippen MR) is 83.7 cm³/mol. The Kier molecular flexibility index (Phi) is 3.97. The minimum atomic E-state index is 0.285. The van der Waals surface area contributed by atoms with E-state index in [0.717, 1.165) is 25.1 Å². The zero-order valence-corrected chi connectivity index (χ0v) is 13.0. The third-order valence-electron chi connectivity index (χ3n) is 4.28. The van der Waals surface area contributed by atoms with Gasteiger partial charge in [0.1, 0.15) is 5.75 Å². The molecule has 0 fully saturated rings. The van der Waals surface area contributed by atoms with Crippen molar-refractivity contribution in [1.29, 1.82) is 0 Å². The summed E-state index contributed by atoms with van der Waals surface area (Å²) < 4.78 is 7.52. The first-order valence-electron chi connectivity index (χ1n) is 7.64. The Morgan fingerprint density at radius 1 is 1.43 bits per heavy atom. The van der Waals surface area contributed by atoms with E-state index in [1.165, 1.54) is 16.7 Å². The van der Waals surface area contributed by atoms with Crippen LogP contribution in [-0.4, -0.2) is 23.4 Å². The molecule has 112 valence electrons. The summed E-state index contributed by atoms with van der Waals surface area (Å²) in [4.78, 5) is 0. The highest BCUT2D eigenvalue weighted by atomic mass is 16.5. The minimum absolute atomic E-state index is 0.285. The van der Waals surface area contributed by atoms with Gasteiger partial charge in [-0.3, -0.25) is 4.68 Å². The van der Waals surface area contributed by atoms with Crippen molar-refractivity contribution in [2.45, 2.75) is 38.8 Å². The number of benzene rings is 1. The van der Waals surface area contributed by atoms with E-state index >= 15 is 0 Å². The summed E-state index contributed by atoms with van der Waals surface area (Å²) in [7, 11) is 1.72. The molecule has 4 heteroatoms. The van der Waals surface area contributed by atoms with Crippen molar-refractivity contribution in [2.75, 3.05) is 13.7 Å². The lowest BCUT2D eigenvalue weighted by Gasteiger charge is -2.34. The van der Waals surface area contributed by atoms with Crippen LogP contribution in [0.5, 0.6) is 5.75 Å². The van der Waals surface area contributed by atoms with Gasteiger partial charge in [0.15, 0.2) is 0 Å². The van der Waals surface area contributed by atoms with E-state index < -0.39 is 0 Å². The lowest BCUT2D eigenvalue weighted by molar-refractivity contribution is 0.298. The van der Waals surface area contributed by atoms with E-state index in [4.69, 9.17) is 4.74 Å². The summed E-state index contributed by atoms with van der Waals surface area (Å²) in [6, 6.07) is 7.07. The van der Waals surface area contributed by atoms with Gasteiger partial charge in [-0.2, -0.15) is 5.10 Å². The third kappa shape index (κ3) is 2.68. The van der Waals surface area contributed by atoms with Crippen molar-refractivity contribution in [1.82, 2.24) is 15.1 Å². The molecule has 3 rings (SSSR count). The van der Waals surface area contributed by atoms with E-state index in [1.807, 2.05) is 6.20 Å². The molecule has 0 amide bonds. The van der Waals surface area contributed by atoms with Crippen LogP contribution in [0, 0.1) is 6.92 Å². The van der Waals surface area contributed by atoms with Crippen LogP contribution in [0.25, 0.3) is 0 Å². The highest BCUT2D eigenvalue weighted by molar-refractivity contribution is 5.40. The second-order valence-corrected chi connectivity index (χ2v) is 5.70. The highest BCUT2D eigenvalue weighted by Gasteiger charge is 2.31.